The summed E-state index contributed by atoms with van der Waals surface area (Å²) >= 11 is 3.45. The average Bonchev–Trinajstić information content (AvgIpc) is 2.47. The third-order valence-electron chi connectivity index (χ3n) is 3.10. The van der Waals surface area contributed by atoms with Crippen molar-refractivity contribution < 1.29 is 9.47 Å². The zero-order valence-corrected chi connectivity index (χ0v) is 13.4. The molecule has 2 aromatic rings. The van der Waals surface area contributed by atoms with Gasteiger partial charge in [0.2, 0.25) is 0 Å². The number of halogens is 1. The molecule has 0 radical (unpaired) electrons. The molecule has 0 aliphatic heterocycles. The lowest BCUT2D eigenvalue weighted by Gasteiger charge is -2.17. The highest BCUT2D eigenvalue weighted by atomic mass is 79.9. The Morgan fingerprint density at radius 2 is 1.50 bits per heavy atom. The molecule has 1 atom stereocenters. The molecule has 20 heavy (non-hydrogen) atoms. The molecule has 0 fully saturated rings. The van der Waals surface area contributed by atoms with Gasteiger partial charge in [-0.3, -0.25) is 0 Å². The molecule has 106 valence electrons. The lowest BCUT2D eigenvalue weighted by molar-refractivity contribution is 0.394. The molecular formula is C16H18BrNO2. The van der Waals surface area contributed by atoms with Crippen LogP contribution in [-0.4, -0.2) is 14.2 Å². The Labute approximate surface area is 128 Å². The molecule has 0 aliphatic carbocycles. The molecule has 4 heteroatoms. The topological polar surface area (TPSA) is 30.5 Å². The fraction of sp³-hybridized carbons (Fsp3) is 0.250. The van der Waals surface area contributed by atoms with Gasteiger partial charge in [0, 0.05) is 34.4 Å². The summed E-state index contributed by atoms with van der Waals surface area (Å²) in [5.74, 6) is 1.55. The van der Waals surface area contributed by atoms with Crippen molar-refractivity contribution >= 4 is 21.6 Å². The normalized spacial score (nSPS) is 11.8. The van der Waals surface area contributed by atoms with E-state index in [4.69, 9.17) is 9.47 Å². The van der Waals surface area contributed by atoms with E-state index in [0.29, 0.717) is 0 Å². The van der Waals surface area contributed by atoms with Gasteiger partial charge >= 0.3 is 0 Å². The molecular weight excluding hydrogens is 318 g/mol. The number of nitrogens with one attached hydrogen (secondary N) is 1. The number of hydrogen-bond donors (Lipinski definition) is 1. The van der Waals surface area contributed by atoms with Crippen molar-refractivity contribution in [2.75, 3.05) is 19.5 Å². The highest BCUT2D eigenvalue weighted by Crippen LogP contribution is 2.28. The summed E-state index contributed by atoms with van der Waals surface area (Å²) in [5.41, 5.74) is 2.19. The summed E-state index contributed by atoms with van der Waals surface area (Å²) in [4.78, 5) is 0. The zero-order valence-electron chi connectivity index (χ0n) is 11.8. The Morgan fingerprint density at radius 1 is 0.950 bits per heavy atom. The van der Waals surface area contributed by atoms with Crippen LogP contribution in [-0.2, 0) is 0 Å². The number of benzene rings is 2. The molecule has 0 aliphatic rings. The number of rotatable bonds is 5. The molecule has 2 rings (SSSR count). The number of methoxy groups -OCH3 is 2. The Morgan fingerprint density at radius 3 is 2.00 bits per heavy atom. The number of hydrogen-bond acceptors (Lipinski definition) is 3. The van der Waals surface area contributed by atoms with E-state index < -0.39 is 0 Å². The van der Waals surface area contributed by atoms with Gasteiger partial charge in [-0.25, -0.2) is 0 Å². The minimum absolute atomic E-state index is 0.194. The zero-order chi connectivity index (χ0) is 14.5. The van der Waals surface area contributed by atoms with Crippen LogP contribution in [0.25, 0.3) is 0 Å². The van der Waals surface area contributed by atoms with Gasteiger partial charge in [-0.15, -0.1) is 0 Å². The van der Waals surface area contributed by atoms with Crippen LogP contribution < -0.4 is 14.8 Å². The van der Waals surface area contributed by atoms with Crippen molar-refractivity contribution in [1.29, 1.82) is 0 Å². The lowest BCUT2D eigenvalue weighted by atomic mass is 10.1. The van der Waals surface area contributed by atoms with Crippen molar-refractivity contribution in [2.24, 2.45) is 0 Å². The maximum absolute atomic E-state index is 5.27. The first-order valence-electron chi connectivity index (χ1n) is 6.37. The molecule has 0 amide bonds. The van der Waals surface area contributed by atoms with Gasteiger partial charge in [0.1, 0.15) is 11.5 Å². The van der Waals surface area contributed by atoms with Crippen molar-refractivity contribution in [3.05, 3.63) is 52.5 Å². The SMILES string of the molecule is COc1cc(NC(C)c2ccc(Br)cc2)cc(OC)c1. The molecule has 0 bridgehead atoms. The van der Waals surface area contributed by atoms with E-state index in [0.717, 1.165) is 21.7 Å². The van der Waals surface area contributed by atoms with Gasteiger partial charge in [0.15, 0.2) is 0 Å². The van der Waals surface area contributed by atoms with Crippen molar-refractivity contribution in [1.82, 2.24) is 0 Å². The quantitative estimate of drug-likeness (QED) is 0.863. The van der Waals surface area contributed by atoms with Gasteiger partial charge in [0.05, 0.1) is 14.2 Å². The number of anilines is 1. The van der Waals surface area contributed by atoms with Crippen LogP contribution in [0, 0.1) is 0 Å². The van der Waals surface area contributed by atoms with Crippen molar-refractivity contribution in [2.45, 2.75) is 13.0 Å². The van der Waals surface area contributed by atoms with E-state index in [2.05, 4.69) is 40.3 Å². The predicted molar refractivity (Wildman–Crippen MR) is 85.7 cm³/mol. The number of ether oxygens (including phenoxy) is 2. The summed E-state index contributed by atoms with van der Waals surface area (Å²) in [6, 6.07) is 14.2. The lowest BCUT2D eigenvalue weighted by Crippen LogP contribution is -2.06. The first-order valence-corrected chi connectivity index (χ1v) is 7.16. The van der Waals surface area contributed by atoms with Gasteiger partial charge in [-0.05, 0) is 24.6 Å². The fourth-order valence-corrected chi connectivity index (χ4v) is 2.24. The van der Waals surface area contributed by atoms with E-state index in [9.17, 15) is 0 Å². The van der Waals surface area contributed by atoms with Crippen LogP contribution >= 0.6 is 15.9 Å². The van der Waals surface area contributed by atoms with Crippen molar-refractivity contribution in [3.63, 3.8) is 0 Å². The van der Waals surface area contributed by atoms with Crippen LogP contribution in [0.3, 0.4) is 0 Å². The molecule has 0 spiro atoms. The first-order chi connectivity index (χ1) is 9.62. The first kappa shape index (κ1) is 14.7. The van der Waals surface area contributed by atoms with E-state index in [-0.39, 0.29) is 6.04 Å². The van der Waals surface area contributed by atoms with E-state index in [1.165, 1.54) is 5.56 Å². The Bertz CT molecular complexity index is 547. The summed E-state index contributed by atoms with van der Waals surface area (Å²) in [6.07, 6.45) is 0. The molecule has 0 saturated carbocycles. The highest BCUT2D eigenvalue weighted by molar-refractivity contribution is 9.10. The maximum Gasteiger partial charge on any atom is 0.124 e. The molecule has 0 saturated heterocycles. The Balaban J connectivity index is 2.18. The molecule has 0 heterocycles. The van der Waals surface area contributed by atoms with Crippen LogP contribution in [0.5, 0.6) is 11.5 Å². The third kappa shape index (κ3) is 3.67. The second kappa shape index (κ2) is 6.66. The predicted octanol–water partition coefficient (Wildman–Crippen LogP) is 4.64. The second-order valence-corrected chi connectivity index (χ2v) is 5.43. The summed E-state index contributed by atoms with van der Waals surface area (Å²) in [7, 11) is 3.30. The molecule has 2 aromatic carbocycles. The Kier molecular flexibility index (Phi) is 4.90. The molecule has 3 nitrogen and oxygen atoms in total. The van der Waals surface area contributed by atoms with Crippen LogP contribution in [0.1, 0.15) is 18.5 Å². The summed E-state index contributed by atoms with van der Waals surface area (Å²) < 4.78 is 11.6. The fourth-order valence-electron chi connectivity index (χ4n) is 1.98. The minimum atomic E-state index is 0.194. The van der Waals surface area contributed by atoms with Crippen LogP contribution in [0.4, 0.5) is 5.69 Å². The monoisotopic (exact) mass is 335 g/mol. The summed E-state index contributed by atoms with van der Waals surface area (Å²) in [5, 5.41) is 3.45. The van der Waals surface area contributed by atoms with E-state index in [1.807, 2.05) is 30.3 Å². The standard InChI is InChI=1S/C16H18BrNO2/c1-11(12-4-6-13(17)7-5-12)18-14-8-15(19-2)10-16(9-14)20-3/h4-11,18H,1-3H3. The van der Waals surface area contributed by atoms with Crippen LogP contribution in [0.15, 0.2) is 46.9 Å². The van der Waals surface area contributed by atoms with E-state index in [1.54, 1.807) is 14.2 Å². The largest absolute Gasteiger partial charge is 0.497 e. The third-order valence-corrected chi connectivity index (χ3v) is 3.63. The molecule has 0 aromatic heterocycles. The molecule has 1 unspecified atom stereocenters. The maximum atomic E-state index is 5.27. The van der Waals surface area contributed by atoms with Crippen molar-refractivity contribution in [3.8, 4) is 11.5 Å². The van der Waals surface area contributed by atoms with Crippen LogP contribution in [0.2, 0.25) is 0 Å². The smallest absolute Gasteiger partial charge is 0.124 e. The summed E-state index contributed by atoms with van der Waals surface area (Å²) in [6.45, 7) is 2.12. The Hall–Kier alpha value is -1.68. The highest BCUT2D eigenvalue weighted by Gasteiger charge is 2.07. The molecule has 1 N–H and O–H groups in total. The van der Waals surface area contributed by atoms with Gasteiger partial charge in [-0.2, -0.15) is 0 Å². The second-order valence-electron chi connectivity index (χ2n) is 4.52. The van der Waals surface area contributed by atoms with Gasteiger partial charge < -0.3 is 14.8 Å². The van der Waals surface area contributed by atoms with Gasteiger partial charge in [-0.1, -0.05) is 28.1 Å². The minimum Gasteiger partial charge on any atom is -0.497 e. The van der Waals surface area contributed by atoms with E-state index >= 15 is 0 Å². The van der Waals surface area contributed by atoms with Gasteiger partial charge in [0.25, 0.3) is 0 Å². The average molecular weight is 336 g/mol.